The molecule has 1 amide bonds. The van der Waals surface area contributed by atoms with Crippen molar-refractivity contribution in [2.45, 2.75) is 13.0 Å². The zero-order valence-electron chi connectivity index (χ0n) is 16.9. The largest absolute Gasteiger partial charge is 0.490 e. The molecular weight excluding hydrogens is 450 g/mol. The van der Waals surface area contributed by atoms with Crippen LogP contribution in [0.25, 0.3) is 11.0 Å². The Kier molecular flexibility index (Phi) is 5.03. The van der Waals surface area contributed by atoms with Crippen molar-refractivity contribution >= 4 is 44.9 Å². The lowest BCUT2D eigenvalue weighted by Crippen LogP contribution is -2.29. The van der Waals surface area contributed by atoms with E-state index in [4.69, 9.17) is 20.8 Å². The number of carbonyl (C=O) groups is 1. The topological polar surface area (TPSA) is 85.5 Å². The maximum absolute atomic E-state index is 13.5. The quantitative estimate of drug-likeness (QED) is 0.389. The van der Waals surface area contributed by atoms with Gasteiger partial charge in [0.25, 0.3) is 5.91 Å². The van der Waals surface area contributed by atoms with E-state index in [1.165, 1.54) is 16.2 Å². The van der Waals surface area contributed by atoms with Gasteiger partial charge in [-0.05, 0) is 42.8 Å². The molecule has 4 aromatic rings. The number of rotatable bonds is 5. The van der Waals surface area contributed by atoms with Crippen LogP contribution in [0, 0.1) is 6.92 Å². The van der Waals surface area contributed by atoms with Gasteiger partial charge in [0.15, 0.2) is 5.43 Å². The second-order valence-corrected chi connectivity index (χ2v) is 8.76. The van der Waals surface area contributed by atoms with Gasteiger partial charge in [-0.3, -0.25) is 14.5 Å². The average Bonchev–Trinajstić information content (AvgIpc) is 3.34. The molecule has 0 bridgehead atoms. The summed E-state index contributed by atoms with van der Waals surface area (Å²) in [7, 11) is 0. The summed E-state index contributed by atoms with van der Waals surface area (Å²) >= 11 is 7.38. The first-order chi connectivity index (χ1) is 15.5. The first-order valence-corrected chi connectivity index (χ1v) is 10.9. The molecule has 1 atom stereocenters. The van der Waals surface area contributed by atoms with Crippen LogP contribution in [-0.4, -0.2) is 22.7 Å². The SMILES string of the molecule is C=CCOc1ccc([C@H]2c3c(oc4ccc(Cl)cc4c3=O)C(=O)N2c2nnc(C)s2)cc1. The smallest absolute Gasteiger partial charge is 0.297 e. The van der Waals surface area contributed by atoms with Crippen LogP contribution in [0.4, 0.5) is 5.13 Å². The third-order valence-electron chi connectivity index (χ3n) is 5.12. The van der Waals surface area contributed by atoms with Gasteiger partial charge in [0.05, 0.1) is 17.0 Å². The van der Waals surface area contributed by atoms with Gasteiger partial charge in [0.1, 0.15) is 22.9 Å². The number of halogens is 1. The van der Waals surface area contributed by atoms with Crippen LogP contribution < -0.4 is 15.1 Å². The van der Waals surface area contributed by atoms with Gasteiger partial charge in [0.2, 0.25) is 10.9 Å². The Balaban J connectivity index is 1.72. The van der Waals surface area contributed by atoms with Crippen molar-refractivity contribution < 1.29 is 13.9 Å². The molecule has 1 aliphatic rings. The van der Waals surface area contributed by atoms with Crippen molar-refractivity contribution in [1.82, 2.24) is 10.2 Å². The molecule has 0 spiro atoms. The molecular formula is C23H16ClN3O4S. The summed E-state index contributed by atoms with van der Waals surface area (Å²) in [4.78, 5) is 28.4. The van der Waals surface area contributed by atoms with E-state index in [0.717, 1.165) is 0 Å². The average molecular weight is 466 g/mol. The van der Waals surface area contributed by atoms with Crippen molar-refractivity contribution in [2.24, 2.45) is 0 Å². The normalized spacial score (nSPS) is 15.2. The minimum atomic E-state index is -0.724. The van der Waals surface area contributed by atoms with Crippen LogP contribution in [0.3, 0.4) is 0 Å². The number of amides is 1. The fraction of sp³-hybridized carbons (Fsp3) is 0.130. The molecule has 9 heteroatoms. The third kappa shape index (κ3) is 3.28. The molecule has 2 aromatic carbocycles. The molecule has 7 nitrogen and oxygen atoms in total. The summed E-state index contributed by atoms with van der Waals surface area (Å²) in [5.74, 6) is 0.200. The molecule has 0 unspecified atom stereocenters. The van der Waals surface area contributed by atoms with Crippen LogP contribution in [0.1, 0.15) is 32.7 Å². The van der Waals surface area contributed by atoms with Gasteiger partial charge in [-0.25, -0.2) is 0 Å². The standard InChI is InChI=1S/C23H16ClN3O4S/c1-3-10-30-15-7-4-13(5-8-15)19-18-20(28)16-11-14(24)6-9-17(16)31-21(18)22(29)27(19)23-26-25-12(2)32-23/h3-9,11,19H,1,10H2,2H3/t19-/m0/s1. The van der Waals surface area contributed by atoms with E-state index in [9.17, 15) is 9.59 Å². The van der Waals surface area contributed by atoms with E-state index < -0.39 is 11.9 Å². The highest BCUT2D eigenvalue weighted by atomic mass is 35.5. The van der Waals surface area contributed by atoms with Gasteiger partial charge in [-0.15, -0.1) is 10.2 Å². The summed E-state index contributed by atoms with van der Waals surface area (Å²) < 4.78 is 11.5. The number of nitrogens with zero attached hydrogens (tertiary/aromatic N) is 3. The minimum absolute atomic E-state index is 0.00494. The number of aromatic nitrogens is 2. The van der Waals surface area contributed by atoms with E-state index in [-0.39, 0.29) is 16.8 Å². The summed E-state index contributed by atoms with van der Waals surface area (Å²) in [6.07, 6.45) is 1.65. The Bertz CT molecular complexity index is 1430. The van der Waals surface area contributed by atoms with Crippen LogP contribution in [0.2, 0.25) is 5.02 Å². The highest BCUT2D eigenvalue weighted by molar-refractivity contribution is 7.15. The van der Waals surface area contributed by atoms with Crippen molar-refractivity contribution in [2.75, 3.05) is 11.5 Å². The van der Waals surface area contributed by atoms with Crippen LogP contribution in [0.5, 0.6) is 5.75 Å². The molecule has 32 heavy (non-hydrogen) atoms. The molecule has 0 saturated carbocycles. The summed E-state index contributed by atoms with van der Waals surface area (Å²) in [5.41, 5.74) is 0.952. The second-order valence-electron chi connectivity index (χ2n) is 7.16. The highest BCUT2D eigenvalue weighted by Gasteiger charge is 2.45. The molecule has 1 aliphatic heterocycles. The summed E-state index contributed by atoms with van der Waals surface area (Å²) in [6, 6.07) is 11.2. The Morgan fingerprint density at radius 3 is 2.69 bits per heavy atom. The maximum atomic E-state index is 13.5. The molecule has 5 rings (SSSR count). The highest BCUT2D eigenvalue weighted by Crippen LogP contribution is 2.42. The molecule has 160 valence electrons. The van der Waals surface area contributed by atoms with Crippen LogP contribution in [-0.2, 0) is 0 Å². The van der Waals surface area contributed by atoms with Gasteiger partial charge in [-0.2, -0.15) is 0 Å². The first-order valence-electron chi connectivity index (χ1n) is 9.71. The van der Waals surface area contributed by atoms with Gasteiger partial charge < -0.3 is 9.15 Å². The third-order valence-corrected chi connectivity index (χ3v) is 6.19. The fourth-order valence-electron chi connectivity index (χ4n) is 3.74. The van der Waals surface area contributed by atoms with Crippen molar-refractivity contribution in [3.05, 3.63) is 92.3 Å². The van der Waals surface area contributed by atoms with E-state index in [0.29, 0.717) is 44.1 Å². The van der Waals surface area contributed by atoms with Gasteiger partial charge in [0, 0.05) is 5.02 Å². The molecule has 0 fully saturated rings. The minimum Gasteiger partial charge on any atom is -0.490 e. The van der Waals surface area contributed by atoms with E-state index in [2.05, 4.69) is 16.8 Å². The number of carbonyl (C=O) groups excluding carboxylic acids is 1. The predicted molar refractivity (Wildman–Crippen MR) is 123 cm³/mol. The monoisotopic (exact) mass is 465 g/mol. The number of hydrogen-bond donors (Lipinski definition) is 0. The number of anilines is 1. The van der Waals surface area contributed by atoms with Crippen LogP contribution >= 0.6 is 22.9 Å². The lowest BCUT2D eigenvalue weighted by Gasteiger charge is -2.22. The predicted octanol–water partition coefficient (Wildman–Crippen LogP) is 4.92. The lowest BCUT2D eigenvalue weighted by atomic mass is 9.98. The summed E-state index contributed by atoms with van der Waals surface area (Å²) in [6.45, 7) is 5.81. The summed E-state index contributed by atoms with van der Waals surface area (Å²) in [5, 5.41) is 10.0. The maximum Gasteiger partial charge on any atom is 0.297 e. The van der Waals surface area contributed by atoms with Gasteiger partial charge >= 0.3 is 0 Å². The number of hydrogen-bond acceptors (Lipinski definition) is 7. The van der Waals surface area contributed by atoms with E-state index >= 15 is 0 Å². The number of aryl methyl sites for hydroxylation is 1. The second kappa shape index (κ2) is 7.89. The van der Waals surface area contributed by atoms with Crippen molar-refractivity contribution in [3.63, 3.8) is 0 Å². The molecule has 0 radical (unpaired) electrons. The van der Waals surface area contributed by atoms with E-state index in [1.54, 1.807) is 43.3 Å². The fourth-order valence-corrected chi connectivity index (χ4v) is 4.63. The molecule has 0 N–H and O–H groups in total. The number of ether oxygens (including phenoxy) is 1. The van der Waals surface area contributed by atoms with Crippen molar-refractivity contribution in [1.29, 1.82) is 0 Å². The number of fused-ring (bicyclic) bond motifs is 2. The Morgan fingerprint density at radius 1 is 1.22 bits per heavy atom. The first kappa shape index (κ1) is 20.4. The van der Waals surface area contributed by atoms with E-state index in [1.807, 2.05) is 12.1 Å². The van der Waals surface area contributed by atoms with Crippen molar-refractivity contribution in [3.8, 4) is 5.75 Å². The Morgan fingerprint density at radius 2 is 2.00 bits per heavy atom. The zero-order valence-corrected chi connectivity index (χ0v) is 18.4. The number of benzene rings is 2. The molecule has 2 aromatic heterocycles. The van der Waals surface area contributed by atoms with Crippen LogP contribution in [0.15, 0.2) is 64.3 Å². The molecule has 0 aliphatic carbocycles. The molecule has 0 saturated heterocycles. The van der Waals surface area contributed by atoms with Gasteiger partial charge in [-0.1, -0.05) is 47.7 Å². The lowest BCUT2D eigenvalue weighted by molar-refractivity contribution is 0.0970. The molecule has 3 heterocycles. The Hall–Kier alpha value is -3.49. The zero-order chi connectivity index (χ0) is 22.4. The Labute approximate surface area is 191 Å².